The first kappa shape index (κ1) is 27.5. The Kier molecular flexibility index (Phi) is 6.54. The van der Waals surface area contributed by atoms with Crippen molar-refractivity contribution in [1.29, 1.82) is 0 Å². The highest BCUT2D eigenvalue weighted by Gasteiger charge is 2.30. The lowest BCUT2D eigenvalue weighted by molar-refractivity contribution is 0.407. The molecule has 0 saturated carbocycles. The third-order valence-corrected chi connectivity index (χ3v) is 9.03. The van der Waals surface area contributed by atoms with Crippen molar-refractivity contribution in [2.24, 2.45) is 0 Å². The molecule has 0 heterocycles. The zero-order valence-electron chi connectivity index (χ0n) is 24.4. The van der Waals surface area contributed by atoms with Crippen molar-refractivity contribution in [3.63, 3.8) is 0 Å². The van der Waals surface area contributed by atoms with Crippen LogP contribution >= 0.6 is 0 Å². The third kappa shape index (κ3) is 4.35. The summed E-state index contributed by atoms with van der Waals surface area (Å²) in [6.45, 7) is 0. The van der Waals surface area contributed by atoms with Gasteiger partial charge in [-0.3, -0.25) is 0 Å². The van der Waals surface area contributed by atoms with Gasteiger partial charge in [0.15, 0.2) is 0 Å². The molecule has 0 spiro atoms. The van der Waals surface area contributed by atoms with Crippen LogP contribution in [0.25, 0.3) is 33.4 Å². The predicted octanol–water partition coefficient (Wildman–Crippen LogP) is 7.02. The van der Waals surface area contributed by atoms with E-state index < -0.39 is 0 Å². The SMILES string of the molecule is COc1cc(O)c(Cc2ccc(O)cc2)c2c1-c1cc(-c3c(O)cc(OC)c4c3CCc3cc(O)ccc3-4)c(O)cc1CC2. The van der Waals surface area contributed by atoms with Crippen LogP contribution in [0.4, 0.5) is 0 Å². The van der Waals surface area contributed by atoms with Crippen LogP contribution < -0.4 is 9.47 Å². The number of fused-ring (bicyclic) bond motifs is 6. The van der Waals surface area contributed by atoms with Crippen molar-refractivity contribution in [3.8, 4) is 73.6 Å². The summed E-state index contributed by atoms with van der Waals surface area (Å²) < 4.78 is 11.5. The first-order valence-electron chi connectivity index (χ1n) is 14.6. The lowest BCUT2D eigenvalue weighted by Crippen LogP contribution is -2.11. The standard InChI is InChI=1S/C37H32O7/c1-43-33-17-31(41)28(13-19-3-7-22(38)8-4-19)25-10-5-21-15-30(40)29(16-27(21)37(25)33)35-26-11-6-20-14-23(39)9-12-24(20)36(26)34(44-2)18-32(35)42/h3-4,7-9,12,14-18,38-42H,5-6,10-11,13H2,1-2H3. The Morgan fingerprint density at radius 2 is 1.14 bits per heavy atom. The highest BCUT2D eigenvalue weighted by Crippen LogP contribution is 2.53. The molecule has 2 aliphatic rings. The number of benzene rings is 5. The third-order valence-electron chi connectivity index (χ3n) is 9.03. The van der Waals surface area contributed by atoms with E-state index in [9.17, 15) is 25.5 Å². The number of ether oxygens (including phenoxy) is 2. The van der Waals surface area contributed by atoms with E-state index in [0.29, 0.717) is 54.7 Å². The highest BCUT2D eigenvalue weighted by atomic mass is 16.5. The molecule has 44 heavy (non-hydrogen) atoms. The van der Waals surface area contributed by atoms with E-state index in [2.05, 4.69) is 0 Å². The minimum atomic E-state index is -0.000184. The Morgan fingerprint density at radius 1 is 0.523 bits per heavy atom. The second kappa shape index (κ2) is 10.5. The largest absolute Gasteiger partial charge is 0.508 e. The van der Waals surface area contributed by atoms with Crippen LogP contribution in [0.15, 0.2) is 66.7 Å². The minimum absolute atomic E-state index is 0.000184. The number of aryl methyl sites for hydroxylation is 2. The van der Waals surface area contributed by atoms with Crippen molar-refractivity contribution in [1.82, 2.24) is 0 Å². The summed E-state index contributed by atoms with van der Waals surface area (Å²) >= 11 is 0. The normalized spacial score (nSPS) is 13.0. The maximum Gasteiger partial charge on any atom is 0.130 e. The molecule has 0 atom stereocenters. The number of rotatable bonds is 5. The van der Waals surface area contributed by atoms with Gasteiger partial charge in [-0.1, -0.05) is 18.2 Å². The predicted molar refractivity (Wildman–Crippen MR) is 168 cm³/mol. The molecule has 7 nitrogen and oxygen atoms in total. The van der Waals surface area contributed by atoms with Gasteiger partial charge in [0.2, 0.25) is 0 Å². The zero-order valence-corrected chi connectivity index (χ0v) is 24.4. The van der Waals surface area contributed by atoms with Crippen LogP contribution in [0, 0.1) is 0 Å². The lowest BCUT2D eigenvalue weighted by atomic mass is 9.77. The molecule has 5 aromatic carbocycles. The van der Waals surface area contributed by atoms with E-state index in [0.717, 1.165) is 55.6 Å². The zero-order chi connectivity index (χ0) is 30.7. The van der Waals surface area contributed by atoms with Gasteiger partial charge in [0.05, 0.1) is 14.2 Å². The van der Waals surface area contributed by atoms with Gasteiger partial charge in [0.25, 0.3) is 0 Å². The fourth-order valence-corrected chi connectivity index (χ4v) is 7.01. The number of phenolic OH excluding ortho intramolecular Hbond substituents is 5. The minimum Gasteiger partial charge on any atom is -0.508 e. The first-order chi connectivity index (χ1) is 21.3. The van der Waals surface area contributed by atoms with Crippen LogP contribution in [-0.2, 0) is 32.1 Å². The molecule has 0 saturated heterocycles. The summed E-state index contributed by atoms with van der Waals surface area (Å²) in [6.07, 6.45) is 2.99. The van der Waals surface area contributed by atoms with Crippen LogP contribution in [0.2, 0.25) is 0 Å². The summed E-state index contributed by atoms with van der Waals surface area (Å²) in [6, 6.07) is 19.1. The van der Waals surface area contributed by atoms with Crippen molar-refractivity contribution >= 4 is 0 Å². The molecule has 0 amide bonds. The summed E-state index contributed by atoms with van der Waals surface area (Å²) in [7, 11) is 3.14. The van der Waals surface area contributed by atoms with Crippen LogP contribution in [-0.4, -0.2) is 39.8 Å². The molecule has 222 valence electrons. The summed E-state index contributed by atoms with van der Waals surface area (Å²) in [4.78, 5) is 0. The van der Waals surface area contributed by atoms with Gasteiger partial charge in [-0.05, 0) is 101 Å². The number of aromatic hydroxyl groups is 5. The van der Waals surface area contributed by atoms with E-state index in [1.54, 1.807) is 56.7 Å². The lowest BCUT2D eigenvalue weighted by Gasteiger charge is -2.28. The average Bonchev–Trinajstić information content (AvgIpc) is 3.02. The molecule has 7 rings (SSSR count). The molecule has 2 aliphatic carbocycles. The van der Waals surface area contributed by atoms with Crippen LogP contribution in [0.3, 0.4) is 0 Å². The Balaban J connectivity index is 1.44. The molecule has 7 heteroatoms. The maximum atomic E-state index is 11.4. The van der Waals surface area contributed by atoms with Gasteiger partial charge in [-0.15, -0.1) is 0 Å². The summed E-state index contributed by atoms with van der Waals surface area (Å²) in [5.74, 6) is 1.63. The summed E-state index contributed by atoms with van der Waals surface area (Å²) in [5.41, 5.74) is 9.99. The van der Waals surface area contributed by atoms with Crippen molar-refractivity contribution in [3.05, 3.63) is 100 Å². The Labute approximate surface area is 254 Å². The topological polar surface area (TPSA) is 120 Å². The average molecular weight is 589 g/mol. The fourth-order valence-electron chi connectivity index (χ4n) is 7.01. The molecule has 0 bridgehead atoms. The van der Waals surface area contributed by atoms with Gasteiger partial charge < -0.3 is 35.0 Å². The molecule has 0 unspecified atom stereocenters. The second-order valence-corrected chi connectivity index (χ2v) is 11.5. The van der Waals surface area contributed by atoms with Crippen LogP contribution in [0.5, 0.6) is 40.2 Å². The molecular formula is C37H32O7. The van der Waals surface area contributed by atoms with Gasteiger partial charge in [0, 0.05) is 46.4 Å². The Hall–Kier alpha value is -5.30. The first-order valence-corrected chi connectivity index (χ1v) is 14.6. The quantitative estimate of drug-likeness (QED) is 0.150. The van der Waals surface area contributed by atoms with Crippen LogP contribution in [0.1, 0.15) is 33.4 Å². The fraction of sp³-hybridized carbons (Fsp3) is 0.189. The monoisotopic (exact) mass is 588 g/mol. The summed E-state index contributed by atoms with van der Waals surface area (Å²) in [5, 5.41) is 53.8. The van der Waals surface area contributed by atoms with Crippen molar-refractivity contribution in [2.45, 2.75) is 32.1 Å². The van der Waals surface area contributed by atoms with E-state index in [1.807, 2.05) is 24.3 Å². The van der Waals surface area contributed by atoms with Crippen molar-refractivity contribution in [2.75, 3.05) is 14.2 Å². The number of hydrogen-bond donors (Lipinski definition) is 5. The molecule has 0 fully saturated rings. The Morgan fingerprint density at radius 3 is 1.84 bits per heavy atom. The van der Waals surface area contributed by atoms with E-state index in [-0.39, 0.29) is 28.7 Å². The van der Waals surface area contributed by atoms with E-state index >= 15 is 0 Å². The van der Waals surface area contributed by atoms with E-state index in [1.165, 1.54) is 0 Å². The van der Waals surface area contributed by atoms with E-state index in [4.69, 9.17) is 9.47 Å². The number of methoxy groups -OCH3 is 2. The molecule has 5 N–H and O–H groups in total. The molecule has 5 aromatic rings. The smallest absolute Gasteiger partial charge is 0.130 e. The number of phenols is 5. The Bertz CT molecular complexity index is 1960. The maximum absolute atomic E-state index is 11.4. The number of hydrogen-bond acceptors (Lipinski definition) is 7. The molecule has 0 aliphatic heterocycles. The molecule has 0 radical (unpaired) electrons. The van der Waals surface area contributed by atoms with Crippen molar-refractivity contribution < 1.29 is 35.0 Å². The molecule has 0 aromatic heterocycles. The van der Waals surface area contributed by atoms with Gasteiger partial charge in [0.1, 0.15) is 40.2 Å². The van der Waals surface area contributed by atoms with Gasteiger partial charge in [-0.2, -0.15) is 0 Å². The highest BCUT2D eigenvalue weighted by molar-refractivity contribution is 5.93. The molecular weight excluding hydrogens is 556 g/mol. The van der Waals surface area contributed by atoms with Gasteiger partial charge >= 0.3 is 0 Å². The van der Waals surface area contributed by atoms with Gasteiger partial charge in [-0.25, -0.2) is 0 Å². The second-order valence-electron chi connectivity index (χ2n) is 11.5.